The lowest BCUT2D eigenvalue weighted by molar-refractivity contribution is 0.400. The minimum absolute atomic E-state index is 0.221. The first-order valence-corrected chi connectivity index (χ1v) is 11.3. The van der Waals surface area contributed by atoms with E-state index >= 15 is 0 Å². The van der Waals surface area contributed by atoms with Crippen molar-refractivity contribution in [2.75, 3.05) is 6.67 Å². The van der Waals surface area contributed by atoms with Crippen LogP contribution in [0.15, 0.2) is 78.9 Å². The molecule has 0 saturated heterocycles. The van der Waals surface area contributed by atoms with E-state index in [9.17, 15) is 17.6 Å². The second-order valence-corrected chi connectivity index (χ2v) is 8.62. The van der Waals surface area contributed by atoms with Gasteiger partial charge >= 0.3 is 0 Å². The Labute approximate surface area is 191 Å². The molecular formula is C29H26F4. The molecule has 0 nitrogen and oxygen atoms in total. The van der Waals surface area contributed by atoms with Crippen LogP contribution in [0.3, 0.4) is 0 Å². The third-order valence-corrected chi connectivity index (χ3v) is 6.40. The molecule has 0 bridgehead atoms. The fourth-order valence-corrected chi connectivity index (χ4v) is 4.56. The third-order valence-electron chi connectivity index (χ3n) is 6.40. The number of fused-ring (bicyclic) bond motifs is 1. The fourth-order valence-electron chi connectivity index (χ4n) is 4.56. The molecule has 0 fully saturated rings. The molecule has 0 heterocycles. The molecule has 4 rings (SSSR count). The zero-order valence-corrected chi connectivity index (χ0v) is 18.5. The molecule has 0 amide bonds. The van der Waals surface area contributed by atoms with Gasteiger partial charge in [0.2, 0.25) is 0 Å². The molecule has 0 N–H and O–H groups in total. The Hall–Kier alpha value is -3.14. The van der Waals surface area contributed by atoms with E-state index in [1.807, 2.05) is 18.2 Å². The monoisotopic (exact) mass is 450 g/mol. The normalized spacial score (nSPS) is 13.2. The lowest BCUT2D eigenvalue weighted by Crippen LogP contribution is -2.05. The Morgan fingerprint density at radius 3 is 2.12 bits per heavy atom. The van der Waals surface area contributed by atoms with Gasteiger partial charge in [0.1, 0.15) is 17.5 Å². The van der Waals surface area contributed by atoms with Gasteiger partial charge in [-0.05, 0) is 70.5 Å². The van der Waals surface area contributed by atoms with Crippen molar-refractivity contribution in [2.45, 2.75) is 38.0 Å². The van der Waals surface area contributed by atoms with E-state index < -0.39 is 30.0 Å². The number of benzene rings is 4. The smallest absolute Gasteiger partial charge is 0.134 e. The molecule has 0 saturated carbocycles. The summed E-state index contributed by atoms with van der Waals surface area (Å²) in [6, 6.07) is 21.9. The predicted octanol–water partition coefficient (Wildman–Crippen LogP) is 8.95. The molecule has 0 aliphatic heterocycles. The highest BCUT2D eigenvalue weighted by Crippen LogP contribution is 2.34. The van der Waals surface area contributed by atoms with Gasteiger partial charge < -0.3 is 0 Å². The Morgan fingerprint density at radius 2 is 1.42 bits per heavy atom. The van der Waals surface area contributed by atoms with Crippen LogP contribution in [0.5, 0.6) is 0 Å². The minimum Gasteiger partial charge on any atom is -0.250 e. The molecule has 33 heavy (non-hydrogen) atoms. The zero-order valence-electron chi connectivity index (χ0n) is 18.5. The summed E-state index contributed by atoms with van der Waals surface area (Å²) < 4.78 is 56.5. The van der Waals surface area contributed by atoms with Crippen LogP contribution in [-0.4, -0.2) is 6.67 Å². The van der Waals surface area contributed by atoms with Crippen molar-refractivity contribution in [3.8, 4) is 11.1 Å². The molecular weight excluding hydrogens is 424 g/mol. The second-order valence-electron chi connectivity index (χ2n) is 8.62. The van der Waals surface area contributed by atoms with Crippen molar-refractivity contribution >= 4 is 10.8 Å². The highest BCUT2D eigenvalue weighted by atomic mass is 19.1. The molecule has 4 aromatic carbocycles. The van der Waals surface area contributed by atoms with Gasteiger partial charge in [-0.2, -0.15) is 0 Å². The fraction of sp³-hybridized carbons (Fsp3) is 0.241. The highest BCUT2D eigenvalue weighted by molar-refractivity contribution is 5.86. The standard InChI is InChI=1S/C29H26F4/c1-19(25-11-5-8-20-7-2-3-10-26(20)25)6-4-9-22(18-30)23-16-27(32)29(28(33)17-23)21-12-14-24(31)15-13-21/h2-3,5,7-8,10-17,19,22H,4,6,9,18H2,1H3. The number of hydrogen-bond acceptors (Lipinski definition) is 0. The van der Waals surface area contributed by atoms with Crippen LogP contribution in [0.1, 0.15) is 49.1 Å². The predicted molar refractivity (Wildman–Crippen MR) is 127 cm³/mol. The van der Waals surface area contributed by atoms with Gasteiger partial charge in [-0.1, -0.05) is 67.9 Å². The largest absolute Gasteiger partial charge is 0.250 e. The van der Waals surface area contributed by atoms with Gasteiger partial charge in [-0.15, -0.1) is 0 Å². The van der Waals surface area contributed by atoms with Crippen molar-refractivity contribution in [1.29, 1.82) is 0 Å². The SMILES string of the molecule is CC(CCCC(CF)c1cc(F)c(-c2ccc(F)cc2)c(F)c1)c1cccc2ccccc12. The van der Waals surface area contributed by atoms with E-state index in [1.165, 1.54) is 40.6 Å². The van der Waals surface area contributed by atoms with Crippen molar-refractivity contribution in [2.24, 2.45) is 0 Å². The zero-order chi connectivity index (χ0) is 23.4. The molecule has 2 unspecified atom stereocenters. The second kappa shape index (κ2) is 10.2. The van der Waals surface area contributed by atoms with Crippen LogP contribution >= 0.6 is 0 Å². The van der Waals surface area contributed by atoms with Gasteiger partial charge in [0.15, 0.2) is 0 Å². The van der Waals surface area contributed by atoms with Gasteiger partial charge in [-0.25, -0.2) is 13.2 Å². The Bertz CT molecular complexity index is 1200. The van der Waals surface area contributed by atoms with E-state index in [0.29, 0.717) is 12.0 Å². The summed E-state index contributed by atoms with van der Waals surface area (Å²) in [5.41, 5.74) is 1.60. The maximum Gasteiger partial charge on any atom is 0.134 e. The van der Waals surface area contributed by atoms with Gasteiger partial charge in [0.25, 0.3) is 0 Å². The lowest BCUT2D eigenvalue weighted by atomic mass is 9.87. The summed E-state index contributed by atoms with van der Waals surface area (Å²) in [6.07, 6.45) is 2.09. The molecule has 0 aliphatic carbocycles. The Balaban J connectivity index is 1.46. The maximum atomic E-state index is 14.8. The van der Waals surface area contributed by atoms with Crippen molar-refractivity contribution in [3.63, 3.8) is 0 Å². The average molecular weight is 451 g/mol. The number of halogens is 4. The molecule has 4 aromatic rings. The summed E-state index contributed by atoms with van der Waals surface area (Å²) in [4.78, 5) is 0. The molecule has 0 aromatic heterocycles. The van der Waals surface area contributed by atoms with E-state index in [1.54, 1.807) is 0 Å². The van der Waals surface area contributed by atoms with Gasteiger partial charge in [-0.3, -0.25) is 4.39 Å². The molecule has 0 spiro atoms. The van der Waals surface area contributed by atoms with Crippen LogP contribution in [0.25, 0.3) is 21.9 Å². The Kier molecular flexibility index (Phi) is 7.12. The summed E-state index contributed by atoms with van der Waals surface area (Å²) in [7, 11) is 0. The maximum absolute atomic E-state index is 14.8. The first kappa shape index (κ1) is 23.0. The number of alkyl halides is 1. The number of hydrogen-bond donors (Lipinski definition) is 0. The number of rotatable bonds is 8. The van der Waals surface area contributed by atoms with Gasteiger partial charge in [0, 0.05) is 5.92 Å². The van der Waals surface area contributed by atoms with Crippen LogP contribution in [0.4, 0.5) is 17.6 Å². The first-order chi connectivity index (χ1) is 16.0. The van der Waals surface area contributed by atoms with E-state index in [2.05, 4.69) is 31.2 Å². The molecule has 0 aliphatic rings. The first-order valence-electron chi connectivity index (χ1n) is 11.3. The summed E-state index contributed by atoms with van der Waals surface area (Å²) in [5, 5.41) is 2.41. The van der Waals surface area contributed by atoms with Crippen LogP contribution in [0, 0.1) is 17.5 Å². The van der Waals surface area contributed by atoms with E-state index in [4.69, 9.17) is 0 Å². The van der Waals surface area contributed by atoms with Crippen molar-refractivity contribution in [1.82, 2.24) is 0 Å². The van der Waals surface area contributed by atoms with Crippen molar-refractivity contribution < 1.29 is 17.6 Å². The van der Waals surface area contributed by atoms with Gasteiger partial charge in [0.05, 0.1) is 12.2 Å². The minimum atomic E-state index is -0.765. The average Bonchev–Trinajstić information content (AvgIpc) is 2.82. The summed E-state index contributed by atoms with van der Waals surface area (Å²) in [5.74, 6) is -2.30. The summed E-state index contributed by atoms with van der Waals surface area (Å²) in [6.45, 7) is 1.47. The van der Waals surface area contributed by atoms with E-state index in [-0.39, 0.29) is 17.0 Å². The molecule has 0 radical (unpaired) electrons. The quantitative estimate of drug-likeness (QED) is 0.235. The summed E-state index contributed by atoms with van der Waals surface area (Å²) >= 11 is 0. The van der Waals surface area contributed by atoms with Crippen LogP contribution in [-0.2, 0) is 0 Å². The van der Waals surface area contributed by atoms with Crippen LogP contribution in [0.2, 0.25) is 0 Å². The van der Waals surface area contributed by atoms with Crippen LogP contribution < -0.4 is 0 Å². The highest BCUT2D eigenvalue weighted by Gasteiger charge is 2.19. The topological polar surface area (TPSA) is 0 Å². The molecule has 2 atom stereocenters. The third kappa shape index (κ3) is 5.11. The Morgan fingerprint density at radius 1 is 0.758 bits per heavy atom. The lowest BCUT2D eigenvalue weighted by Gasteiger charge is -2.18. The molecule has 170 valence electrons. The van der Waals surface area contributed by atoms with E-state index in [0.717, 1.165) is 25.0 Å². The molecule has 4 heteroatoms. The van der Waals surface area contributed by atoms with Crippen molar-refractivity contribution in [3.05, 3.63) is 107 Å².